The van der Waals surface area contributed by atoms with Gasteiger partial charge in [0.25, 0.3) is 5.91 Å². The van der Waals surface area contributed by atoms with E-state index in [1.54, 1.807) is 23.7 Å². The summed E-state index contributed by atoms with van der Waals surface area (Å²) in [4.78, 5) is 12.7. The molecule has 3 rings (SSSR count). The molecule has 1 amide bonds. The monoisotopic (exact) mass is 477 g/mol. The molecule has 0 aliphatic carbocycles. The fraction of sp³-hybridized carbons (Fsp3) is 0.211. The van der Waals surface area contributed by atoms with Crippen molar-refractivity contribution < 1.29 is 13.2 Å². The van der Waals surface area contributed by atoms with Crippen LogP contribution in [0.1, 0.15) is 21.7 Å². The molecule has 0 radical (unpaired) electrons. The SMILES string of the molecule is Cc1c(C(=O)NCc2ccc(S(=O)(=O)N(C)C)cc2)nnn1-c1cccc(Br)c1. The highest BCUT2D eigenvalue weighted by atomic mass is 79.9. The second-order valence-electron chi connectivity index (χ2n) is 6.53. The zero-order valence-corrected chi connectivity index (χ0v) is 18.5. The highest BCUT2D eigenvalue weighted by Crippen LogP contribution is 2.18. The van der Waals surface area contributed by atoms with E-state index in [4.69, 9.17) is 0 Å². The molecule has 10 heteroatoms. The van der Waals surface area contributed by atoms with Crippen LogP contribution in [0.3, 0.4) is 0 Å². The number of carbonyl (C=O) groups is 1. The molecule has 0 aliphatic rings. The van der Waals surface area contributed by atoms with E-state index in [1.807, 2.05) is 24.3 Å². The van der Waals surface area contributed by atoms with Crippen molar-refractivity contribution in [3.63, 3.8) is 0 Å². The molecule has 0 saturated carbocycles. The summed E-state index contributed by atoms with van der Waals surface area (Å²) in [6.07, 6.45) is 0. The van der Waals surface area contributed by atoms with Crippen molar-refractivity contribution in [2.45, 2.75) is 18.4 Å². The maximum atomic E-state index is 12.5. The second kappa shape index (κ2) is 8.44. The quantitative estimate of drug-likeness (QED) is 0.588. The number of hydrogen-bond acceptors (Lipinski definition) is 5. The van der Waals surface area contributed by atoms with Gasteiger partial charge in [0.1, 0.15) is 0 Å². The Labute approximate surface area is 177 Å². The van der Waals surface area contributed by atoms with Gasteiger partial charge in [-0.1, -0.05) is 39.3 Å². The molecule has 0 unspecified atom stereocenters. The Bertz CT molecular complexity index is 1140. The summed E-state index contributed by atoms with van der Waals surface area (Å²) < 4.78 is 27.9. The number of aromatic nitrogens is 3. The number of amides is 1. The molecule has 0 atom stereocenters. The first kappa shape index (κ1) is 21.2. The van der Waals surface area contributed by atoms with Gasteiger partial charge in [0.15, 0.2) is 5.69 Å². The van der Waals surface area contributed by atoms with E-state index in [2.05, 4.69) is 31.6 Å². The van der Waals surface area contributed by atoms with Gasteiger partial charge in [0.2, 0.25) is 10.0 Å². The molecule has 2 aromatic carbocycles. The average Bonchev–Trinajstić information content (AvgIpc) is 3.08. The van der Waals surface area contributed by atoms with Gasteiger partial charge < -0.3 is 5.32 Å². The summed E-state index contributed by atoms with van der Waals surface area (Å²) >= 11 is 3.41. The molecule has 0 spiro atoms. The van der Waals surface area contributed by atoms with Gasteiger partial charge in [0, 0.05) is 25.1 Å². The molecule has 0 aliphatic heterocycles. The number of hydrogen-bond donors (Lipinski definition) is 1. The Morgan fingerprint density at radius 1 is 1.17 bits per heavy atom. The van der Waals surface area contributed by atoms with E-state index in [-0.39, 0.29) is 23.0 Å². The standard InChI is InChI=1S/C19H20BrN5O3S/c1-13-18(22-23-25(13)16-6-4-5-15(20)11-16)19(26)21-12-14-7-9-17(10-8-14)29(27,28)24(2)3/h4-11H,12H2,1-3H3,(H,21,26). The number of carbonyl (C=O) groups excluding carboxylic acids is 1. The smallest absolute Gasteiger partial charge is 0.274 e. The minimum Gasteiger partial charge on any atom is -0.347 e. The van der Waals surface area contributed by atoms with Crippen LogP contribution < -0.4 is 5.32 Å². The predicted molar refractivity (Wildman–Crippen MR) is 112 cm³/mol. The lowest BCUT2D eigenvalue weighted by Gasteiger charge is -2.11. The van der Waals surface area contributed by atoms with Gasteiger partial charge in [0.05, 0.1) is 16.3 Å². The number of benzene rings is 2. The molecule has 152 valence electrons. The Morgan fingerprint density at radius 2 is 1.86 bits per heavy atom. The molecular formula is C19H20BrN5O3S. The summed E-state index contributed by atoms with van der Waals surface area (Å²) in [6, 6.07) is 13.9. The van der Waals surface area contributed by atoms with Crippen LogP contribution in [0.4, 0.5) is 0 Å². The van der Waals surface area contributed by atoms with Crippen molar-refractivity contribution >= 4 is 31.9 Å². The molecule has 3 aromatic rings. The Kier molecular flexibility index (Phi) is 6.15. The average molecular weight is 478 g/mol. The van der Waals surface area contributed by atoms with Crippen molar-refractivity contribution in [2.24, 2.45) is 0 Å². The first-order valence-electron chi connectivity index (χ1n) is 8.68. The third kappa shape index (κ3) is 4.55. The largest absolute Gasteiger partial charge is 0.347 e. The summed E-state index contributed by atoms with van der Waals surface area (Å²) in [7, 11) is -0.520. The van der Waals surface area contributed by atoms with Crippen LogP contribution in [0.25, 0.3) is 5.69 Å². The Balaban J connectivity index is 1.70. The lowest BCUT2D eigenvalue weighted by Crippen LogP contribution is -2.24. The molecule has 0 bridgehead atoms. The lowest BCUT2D eigenvalue weighted by atomic mass is 10.2. The van der Waals surface area contributed by atoms with Gasteiger partial charge in [-0.15, -0.1) is 5.10 Å². The maximum absolute atomic E-state index is 12.5. The second-order valence-corrected chi connectivity index (χ2v) is 9.60. The number of sulfonamides is 1. The van der Waals surface area contributed by atoms with Gasteiger partial charge in [-0.25, -0.2) is 17.4 Å². The number of rotatable bonds is 6. The summed E-state index contributed by atoms with van der Waals surface area (Å²) in [5.74, 6) is -0.353. The van der Waals surface area contributed by atoms with E-state index >= 15 is 0 Å². The molecule has 0 fully saturated rings. The minimum absolute atomic E-state index is 0.199. The van der Waals surface area contributed by atoms with Gasteiger partial charge in [-0.2, -0.15) is 0 Å². The molecule has 29 heavy (non-hydrogen) atoms. The molecule has 0 saturated heterocycles. The zero-order chi connectivity index (χ0) is 21.2. The fourth-order valence-corrected chi connectivity index (χ4v) is 3.94. The van der Waals surface area contributed by atoms with E-state index in [0.29, 0.717) is 5.69 Å². The van der Waals surface area contributed by atoms with Crippen LogP contribution in [0.2, 0.25) is 0 Å². The van der Waals surface area contributed by atoms with Crippen molar-refractivity contribution in [1.82, 2.24) is 24.6 Å². The lowest BCUT2D eigenvalue weighted by molar-refractivity contribution is 0.0945. The van der Waals surface area contributed by atoms with Crippen molar-refractivity contribution in [3.8, 4) is 5.69 Å². The minimum atomic E-state index is -3.48. The normalized spacial score (nSPS) is 11.6. The molecule has 1 N–H and O–H groups in total. The Morgan fingerprint density at radius 3 is 2.48 bits per heavy atom. The summed E-state index contributed by atoms with van der Waals surface area (Å²) in [6.45, 7) is 2.01. The maximum Gasteiger partial charge on any atom is 0.274 e. The topological polar surface area (TPSA) is 97.2 Å². The zero-order valence-electron chi connectivity index (χ0n) is 16.1. The summed E-state index contributed by atoms with van der Waals surface area (Å²) in [5.41, 5.74) is 2.42. The van der Waals surface area contributed by atoms with Crippen LogP contribution in [0, 0.1) is 6.92 Å². The molecule has 8 nitrogen and oxygen atoms in total. The van der Waals surface area contributed by atoms with Gasteiger partial charge >= 0.3 is 0 Å². The third-order valence-corrected chi connectivity index (χ3v) is 6.64. The number of nitrogens with one attached hydrogen (secondary N) is 1. The van der Waals surface area contributed by atoms with E-state index in [0.717, 1.165) is 20.0 Å². The molecular weight excluding hydrogens is 458 g/mol. The van der Waals surface area contributed by atoms with Crippen molar-refractivity contribution in [3.05, 3.63) is 70.0 Å². The first-order valence-corrected chi connectivity index (χ1v) is 10.9. The van der Waals surface area contributed by atoms with E-state index in [9.17, 15) is 13.2 Å². The van der Waals surface area contributed by atoms with Crippen LogP contribution in [-0.4, -0.2) is 47.7 Å². The number of nitrogens with zero attached hydrogens (tertiary/aromatic N) is 4. The Hall–Kier alpha value is -2.56. The van der Waals surface area contributed by atoms with E-state index < -0.39 is 10.0 Å². The first-order chi connectivity index (χ1) is 13.7. The van der Waals surface area contributed by atoms with Gasteiger partial charge in [-0.3, -0.25) is 4.79 Å². The van der Waals surface area contributed by atoms with Crippen LogP contribution >= 0.6 is 15.9 Å². The van der Waals surface area contributed by atoms with E-state index in [1.165, 1.54) is 26.2 Å². The third-order valence-electron chi connectivity index (χ3n) is 4.32. The van der Waals surface area contributed by atoms with Crippen LogP contribution in [0.5, 0.6) is 0 Å². The van der Waals surface area contributed by atoms with Crippen molar-refractivity contribution in [1.29, 1.82) is 0 Å². The number of halogens is 1. The molecule has 1 heterocycles. The predicted octanol–water partition coefficient (Wildman–Crippen LogP) is 2.52. The fourth-order valence-electron chi connectivity index (χ4n) is 2.65. The van der Waals surface area contributed by atoms with Crippen molar-refractivity contribution in [2.75, 3.05) is 14.1 Å². The van der Waals surface area contributed by atoms with Gasteiger partial charge in [-0.05, 0) is 42.8 Å². The highest BCUT2D eigenvalue weighted by Gasteiger charge is 2.18. The summed E-state index contributed by atoms with van der Waals surface area (Å²) in [5, 5.41) is 10.9. The molecule has 1 aromatic heterocycles. The van der Waals surface area contributed by atoms with Crippen LogP contribution in [-0.2, 0) is 16.6 Å². The van der Waals surface area contributed by atoms with Crippen LogP contribution in [0.15, 0.2) is 57.9 Å². The highest BCUT2D eigenvalue weighted by molar-refractivity contribution is 9.10.